The van der Waals surface area contributed by atoms with E-state index in [0.717, 1.165) is 26.0 Å². The molecule has 0 N–H and O–H groups in total. The number of aromatic nitrogens is 1. The predicted octanol–water partition coefficient (Wildman–Crippen LogP) is 5.45. The molecule has 2 rings (SSSR count). The topological polar surface area (TPSA) is 31.4 Å². The van der Waals surface area contributed by atoms with Gasteiger partial charge in [0.25, 0.3) is 0 Å². The molecule has 2 aromatic rings. The molecular formula is C14H12Br2ClNO2. The van der Waals surface area contributed by atoms with Gasteiger partial charge in [-0.1, -0.05) is 0 Å². The minimum Gasteiger partial charge on any atom is -0.496 e. The van der Waals surface area contributed by atoms with Crippen molar-refractivity contribution in [3.63, 3.8) is 0 Å². The van der Waals surface area contributed by atoms with E-state index < -0.39 is 0 Å². The van der Waals surface area contributed by atoms with Gasteiger partial charge >= 0.3 is 0 Å². The van der Waals surface area contributed by atoms with Crippen molar-refractivity contribution in [3.8, 4) is 17.2 Å². The van der Waals surface area contributed by atoms with Crippen molar-refractivity contribution >= 4 is 43.5 Å². The van der Waals surface area contributed by atoms with Crippen molar-refractivity contribution in [3.05, 3.63) is 44.6 Å². The highest BCUT2D eigenvalue weighted by Gasteiger charge is 2.11. The lowest BCUT2D eigenvalue weighted by Gasteiger charge is -2.13. The zero-order valence-electron chi connectivity index (χ0n) is 10.9. The molecule has 0 bridgehead atoms. The van der Waals surface area contributed by atoms with E-state index in [4.69, 9.17) is 21.1 Å². The second-order valence-corrected chi connectivity index (χ2v) is 6.06. The molecule has 0 radical (unpaired) electrons. The summed E-state index contributed by atoms with van der Waals surface area (Å²) in [4.78, 5) is 4.21. The molecule has 0 unspecified atom stereocenters. The number of alkyl halides is 1. The van der Waals surface area contributed by atoms with Crippen molar-refractivity contribution in [1.29, 1.82) is 0 Å². The molecule has 106 valence electrons. The first-order chi connectivity index (χ1) is 9.55. The number of pyridine rings is 1. The highest BCUT2D eigenvalue weighted by molar-refractivity contribution is 9.11. The maximum atomic E-state index is 5.94. The van der Waals surface area contributed by atoms with Crippen LogP contribution in [0.1, 0.15) is 11.3 Å². The van der Waals surface area contributed by atoms with Gasteiger partial charge in [-0.25, -0.2) is 0 Å². The van der Waals surface area contributed by atoms with Crippen LogP contribution < -0.4 is 9.47 Å². The van der Waals surface area contributed by atoms with E-state index in [1.54, 1.807) is 13.3 Å². The molecule has 0 spiro atoms. The normalized spacial score (nSPS) is 10.4. The zero-order chi connectivity index (χ0) is 14.7. The van der Waals surface area contributed by atoms with Gasteiger partial charge in [0.2, 0.25) is 0 Å². The Bertz CT molecular complexity index is 635. The van der Waals surface area contributed by atoms with Gasteiger partial charge in [-0.3, -0.25) is 4.98 Å². The zero-order valence-corrected chi connectivity index (χ0v) is 14.8. The molecule has 1 aromatic carbocycles. The summed E-state index contributed by atoms with van der Waals surface area (Å²) in [6, 6.07) is 5.55. The quantitative estimate of drug-likeness (QED) is 0.615. The molecule has 6 heteroatoms. The Balaban J connectivity index is 2.39. The fourth-order valence-corrected chi connectivity index (χ4v) is 2.71. The van der Waals surface area contributed by atoms with Gasteiger partial charge in [0.05, 0.1) is 21.9 Å². The lowest BCUT2D eigenvalue weighted by Crippen LogP contribution is -1.94. The highest BCUT2D eigenvalue weighted by atomic mass is 79.9. The minimum atomic E-state index is 0.345. The van der Waals surface area contributed by atoms with Gasteiger partial charge in [0, 0.05) is 23.5 Å². The van der Waals surface area contributed by atoms with Crippen LogP contribution in [-0.2, 0) is 5.88 Å². The first-order valence-electron chi connectivity index (χ1n) is 5.77. The SMILES string of the molecule is COc1cc(Br)c(Oc2cc(C)ncc2CCl)cc1Br. The number of ether oxygens (including phenoxy) is 2. The third kappa shape index (κ3) is 3.45. The third-order valence-corrected chi connectivity index (χ3v) is 4.18. The summed E-state index contributed by atoms with van der Waals surface area (Å²) >= 11 is 12.8. The monoisotopic (exact) mass is 419 g/mol. The number of rotatable bonds is 4. The van der Waals surface area contributed by atoms with E-state index in [0.29, 0.717) is 17.4 Å². The lowest BCUT2D eigenvalue weighted by atomic mass is 10.2. The van der Waals surface area contributed by atoms with Crippen LogP contribution in [0.5, 0.6) is 17.2 Å². The Morgan fingerprint density at radius 1 is 1.10 bits per heavy atom. The van der Waals surface area contributed by atoms with E-state index in [1.165, 1.54) is 0 Å². The average molecular weight is 422 g/mol. The highest BCUT2D eigenvalue weighted by Crippen LogP contribution is 2.39. The maximum Gasteiger partial charge on any atom is 0.143 e. The van der Waals surface area contributed by atoms with Crippen LogP contribution in [0, 0.1) is 6.92 Å². The second-order valence-electron chi connectivity index (χ2n) is 4.09. The Kier molecular flexibility index (Phi) is 5.29. The van der Waals surface area contributed by atoms with E-state index in [-0.39, 0.29) is 0 Å². The lowest BCUT2D eigenvalue weighted by molar-refractivity contribution is 0.409. The van der Waals surface area contributed by atoms with Gasteiger partial charge in [-0.2, -0.15) is 0 Å². The number of nitrogens with zero attached hydrogens (tertiary/aromatic N) is 1. The van der Waals surface area contributed by atoms with Crippen molar-refractivity contribution in [1.82, 2.24) is 4.98 Å². The van der Waals surface area contributed by atoms with E-state index in [9.17, 15) is 0 Å². The molecule has 0 aliphatic heterocycles. The standard InChI is InChI=1S/C14H12Br2ClNO2/c1-8-3-12(9(6-17)7-18-8)20-14-5-10(15)13(19-2)4-11(14)16/h3-5,7H,6H2,1-2H3. The number of hydrogen-bond acceptors (Lipinski definition) is 3. The summed E-state index contributed by atoms with van der Waals surface area (Å²) in [6.45, 7) is 1.91. The summed E-state index contributed by atoms with van der Waals surface area (Å²) in [6.07, 6.45) is 1.73. The van der Waals surface area contributed by atoms with Crippen LogP contribution in [0.3, 0.4) is 0 Å². The largest absolute Gasteiger partial charge is 0.496 e. The Labute approximate surface area is 139 Å². The summed E-state index contributed by atoms with van der Waals surface area (Å²) < 4.78 is 12.8. The fourth-order valence-electron chi connectivity index (χ4n) is 1.62. The van der Waals surface area contributed by atoms with E-state index >= 15 is 0 Å². The Hall–Kier alpha value is -0.780. The molecule has 0 atom stereocenters. The number of methoxy groups -OCH3 is 1. The van der Waals surface area contributed by atoms with Crippen molar-refractivity contribution < 1.29 is 9.47 Å². The molecule has 0 aliphatic rings. The molecule has 0 saturated carbocycles. The molecule has 3 nitrogen and oxygen atoms in total. The van der Waals surface area contributed by atoms with Crippen LogP contribution in [0.25, 0.3) is 0 Å². The van der Waals surface area contributed by atoms with Gasteiger partial charge in [0.15, 0.2) is 0 Å². The number of hydrogen-bond donors (Lipinski definition) is 0. The molecule has 20 heavy (non-hydrogen) atoms. The van der Waals surface area contributed by atoms with Crippen LogP contribution in [0.15, 0.2) is 33.3 Å². The fraction of sp³-hybridized carbons (Fsp3) is 0.214. The van der Waals surface area contributed by atoms with Gasteiger partial charge in [0.1, 0.15) is 17.2 Å². The summed E-state index contributed by atoms with van der Waals surface area (Å²) in [5.74, 6) is 2.45. The maximum absolute atomic E-state index is 5.94. The van der Waals surface area contributed by atoms with Crippen molar-refractivity contribution in [2.45, 2.75) is 12.8 Å². The average Bonchev–Trinajstić information content (AvgIpc) is 2.42. The van der Waals surface area contributed by atoms with Gasteiger partial charge < -0.3 is 9.47 Å². The first kappa shape index (κ1) is 15.6. The molecule has 1 heterocycles. The van der Waals surface area contributed by atoms with E-state index in [1.807, 2.05) is 25.1 Å². The van der Waals surface area contributed by atoms with Gasteiger partial charge in [-0.05, 0) is 50.9 Å². The van der Waals surface area contributed by atoms with Crippen LogP contribution in [-0.4, -0.2) is 12.1 Å². The van der Waals surface area contributed by atoms with Crippen molar-refractivity contribution in [2.75, 3.05) is 7.11 Å². The predicted molar refractivity (Wildman–Crippen MR) is 87.0 cm³/mol. The Morgan fingerprint density at radius 3 is 2.40 bits per heavy atom. The van der Waals surface area contributed by atoms with Crippen molar-refractivity contribution in [2.24, 2.45) is 0 Å². The Morgan fingerprint density at radius 2 is 1.75 bits per heavy atom. The minimum absolute atomic E-state index is 0.345. The van der Waals surface area contributed by atoms with Crippen LogP contribution in [0.4, 0.5) is 0 Å². The van der Waals surface area contributed by atoms with Crippen LogP contribution in [0.2, 0.25) is 0 Å². The first-order valence-corrected chi connectivity index (χ1v) is 7.89. The summed E-state index contributed by atoms with van der Waals surface area (Å²) in [7, 11) is 1.62. The molecule has 0 amide bonds. The summed E-state index contributed by atoms with van der Waals surface area (Å²) in [5.41, 5.74) is 1.72. The molecule has 0 fully saturated rings. The van der Waals surface area contributed by atoms with E-state index in [2.05, 4.69) is 36.8 Å². The molecule has 0 saturated heterocycles. The smallest absolute Gasteiger partial charge is 0.143 e. The number of halogens is 3. The number of benzene rings is 1. The molecule has 1 aromatic heterocycles. The molecular weight excluding hydrogens is 409 g/mol. The van der Waals surface area contributed by atoms with Gasteiger partial charge in [-0.15, -0.1) is 11.6 Å². The second kappa shape index (κ2) is 6.78. The number of aryl methyl sites for hydroxylation is 1. The van der Waals surface area contributed by atoms with Crippen LogP contribution >= 0.6 is 43.5 Å². The molecule has 0 aliphatic carbocycles. The third-order valence-electron chi connectivity index (χ3n) is 2.65. The summed E-state index contributed by atoms with van der Waals surface area (Å²) in [5, 5.41) is 0.